The topological polar surface area (TPSA) is 64.6 Å². The number of esters is 1. The third-order valence-corrected chi connectivity index (χ3v) is 3.25. The predicted octanol–water partition coefficient (Wildman–Crippen LogP) is 2.54. The summed E-state index contributed by atoms with van der Waals surface area (Å²) in [5, 5.41) is 2.69. The Hall–Kier alpha value is -2.82. The molecule has 0 saturated heterocycles. The normalized spacial score (nSPS) is 10.1. The molecule has 5 heteroatoms. The number of hydrogen-bond acceptors (Lipinski definition) is 4. The second-order valence-electron chi connectivity index (χ2n) is 5.54. The SMILES string of the molecule is Cc1cc(C)cc(OCC(=O)OCC(=O)NCc2ccccc2)c1. The number of amides is 1. The summed E-state index contributed by atoms with van der Waals surface area (Å²) in [5.41, 5.74) is 3.09. The molecule has 2 aromatic rings. The van der Waals surface area contributed by atoms with Crippen molar-refractivity contribution in [3.05, 3.63) is 65.2 Å². The zero-order valence-corrected chi connectivity index (χ0v) is 13.9. The van der Waals surface area contributed by atoms with E-state index in [-0.39, 0.29) is 19.1 Å². The fraction of sp³-hybridized carbons (Fsp3) is 0.263. The number of nitrogens with one attached hydrogen (secondary N) is 1. The van der Waals surface area contributed by atoms with Gasteiger partial charge in [0.05, 0.1) is 0 Å². The van der Waals surface area contributed by atoms with Gasteiger partial charge in [-0.2, -0.15) is 0 Å². The number of carbonyl (C=O) groups is 2. The van der Waals surface area contributed by atoms with Crippen molar-refractivity contribution < 1.29 is 19.1 Å². The van der Waals surface area contributed by atoms with E-state index < -0.39 is 5.97 Å². The molecule has 24 heavy (non-hydrogen) atoms. The molecule has 0 bridgehead atoms. The number of ether oxygens (including phenoxy) is 2. The van der Waals surface area contributed by atoms with E-state index in [9.17, 15) is 9.59 Å². The summed E-state index contributed by atoms with van der Waals surface area (Å²) in [6.45, 7) is 3.76. The molecule has 2 aromatic carbocycles. The molecule has 0 aromatic heterocycles. The Kier molecular flexibility index (Phi) is 6.37. The maximum absolute atomic E-state index is 11.7. The number of rotatable bonds is 7. The number of carbonyl (C=O) groups excluding carboxylic acids is 2. The van der Waals surface area contributed by atoms with E-state index in [2.05, 4.69) is 5.32 Å². The van der Waals surface area contributed by atoms with Gasteiger partial charge in [-0.05, 0) is 42.7 Å². The third-order valence-electron chi connectivity index (χ3n) is 3.25. The van der Waals surface area contributed by atoms with Gasteiger partial charge in [-0.3, -0.25) is 4.79 Å². The van der Waals surface area contributed by atoms with Gasteiger partial charge in [0.1, 0.15) is 5.75 Å². The molecule has 0 aliphatic heterocycles. The average Bonchev–Trinajstić information content (AvgIpc) is 2.56. The van der Waals surface area contributed by atoms with Gasteiger partial charge >= 0.3 is 5.97 Å². The first-order valence-corrected chi connectivity index (χ1v) is 7.70. The van der Waals surface area contributed by atoms with Crippen LogP contribution in [0.3, 0.4) is 0 Å². The quantitative estimate of drug-likeness (QED) is 0.794. The molecule has 1 N–H and O–H groups in total. The van der Waals surface area contributed by atoms with Gasteiger partial charge < -0.3 is 14.8 Å². The molecule has 2 rings (SSSR count). The molecular weight excluding hydrogens is 306 g/mol. The Bertz CT molecular complexity index is 678. The van der Waals surface area contributed by atoms with Gasteiger partial charge in [0, 0.05) is 6.54 Å². The first kappa shape index (κ1) is 17.5. The fourth-order valence-electron chi connectivity index (χ4n) is 2.19. The van der Waals surface area contributed by atoms with Crippen LogP contribution in [0.2, 0.25) is 0 Å². The van der Waals surface area contributed by atoms with E-state index in [4.69, 9.17) is 9.47 Å². The van der Waals surface area contributed by atoms with Crippen molar-refractivity contribution in [3.8, 4) is 5.75 Å². The summed E-state index contributed by atoms with van der Waals surface area (Å²) < 4.78 is 10.3. The van der Waals surface area contributed by atoms with Crippen molar-refractivity contribution in [1.82, 2.24) is 5.32 Å². The predicted molar refractivity (Wildman–Crippen MR) is 90.7 cm³/mol. The lowest BCUT2D eigenvalue weighted by Crippen LogP contribution is -2.29. The molecule has 0 unspecified atom stereocenters. The van der Waals surface area contributed by atoms with Crippen molar-refractivity contribution in [3.63, 3.8) is 0 Å². The molecule has 0 radical (unpaired) electrons. The van der Waals surface area contributed by atoms with Crippen molar-refractivity contribution in [2.45, 2.75) is 20.4 Å². The Balaban J connectivity index is 1.68. The minimum absolute atomic E-state index is 0.227. The smallest absolute Gasteiger partial charge is 0.344 e. The highest BCUT2D eigenvalue weighted by Crippen LogP contribution is 2.16. The highest BCUT2D eigenvalue weighted by molar-refractivity contribution is 5.80. The molecule has 0 atom stereocenters. The molecule has 0 heterocycles. The second-order valence-corrected chi connectivity index (χ2v) is 5.54. The standard InChI is InChI=1S/C19H21NO4/c1-14-8-15(2)10-17(9-14)23-13-19(22)24-12-18(21)20-11-16-6-4-3-5-7-16/h3-10H,11-13H2,1-2H3,(H,20,21). The summed E-state index contributed by atoms with van der Waals surface area (Å²) in [4.78, 5) is 23.3. The highest BCUT2D eigenvalue weighted by atomic mass is 16.6. The van der Waals surface area contributed by atoms with Crippen LogP contribution in [-0.2, 0) is 20.9 Å². The third kappa shape index (κ3) is 6.12. The van der Waals surface area contributed by atoms with E-state index in [1.807, 2.05) is 62.4 Å². The lowest BCUT2D eigenvalue weighted by Gasteiger charge is -2.09. The number of benzene rings is 2. The van der Waals surface area contributed by atoms with E-state index in [1.54, 1.807) is 0 Å². The van der Waals surface area contributed by atoms with Gasteiger partial charge in [0.15, 0.2) is 13.2 Å². The number of aryl methyl sites for hydroxylation is 2. The number of hydrogen-bond donors (Lipinski definition) is 1. The molecule has 0 aliphatic rings. The van der Waals surface area contributed by atoms with Crippen molar-refractivity contribution in [2.24, 2.45) is 0 Å². The van der Waals surface area contributed by atoms with Crippen molar-refractivity contribution in [2.75, 3.05) is 13.2 Å². The van der Waals surface area contributed by atoms with Crippen LogP contribution in [0.25, 0.3) is 0 Å². The van der Waals surface area contributed by atoms with E-state index in [0.29, 0.717) is 12.3 Å². The molecule has 5 nitrogen and oxygen atoms in total. The minimum atomic E-state index is -0.580. The Morgan fingerprint density at radius 3 is 2.29 bits per heavy atom. The zero-order valence-electron chi connectivity index (χ0n) is 13.9. The summed E-state index contributed by atoms with van der Waals surface area (Å²) in [7, 11) is 0. The lowest BCUT2D eigenvalue weighted by molar-refractivity contribution is -0.150. The van der Waals surface area contributed by atoms with E-state index in [1.165, 1.54) is 0 Å². The monoisotopic (exact) mass is 327 g/mol. The second kappa shape index (κ2) is 8.72. The van der Waals surface area contributed by atoms with Crippen LogP contribution in [0.5, 0.6) is 5.75 Å². The fourth-order valence-corrected chi connectivity index (χ4v) is 2.19. The van der Waals surface area contributed by atoms with Gasteiger partial charge in [-0.1, -0.05) is 36.4 Å². The van der Waals surface area contributed by atoms with Gasteiger partial charge in [-0.25, -0.2) is 4.79 Å². The van der Waals surface area contributed by atoms with Gasteiger partial charge in [0.25, 0.3) is 5.91 Å². The van der Waals surface area contributed by atoms with Crippen molar-refractivity contribution >= 4 is 11.9 Å². The lowest BCUT2D eigenvalue weighted by atomic mass is 10.1. The van der Waals surface area contributed by atoms with Crippen LogP contribution in [0.15, 0.2) is 48.5 Å². The van der Waals surface area contributed by atoms with E-state index >= 15 is 0 Å². The van der Waals surface area contributed by atoms with Crippen molar-refractivity contribution in [1.29, 1.82) is 0 Å². The maximum atomic E-state index is 11.7. The first-order valence-electron chi connectivity index (χ1n) is 7.70. The largest absolute Gasteiger partial charge is 0.482 e. The molecular formula is C19H21NO4. The molecule has 0 spiro atoms. The summed E-state index contributed by atoms with van der Waals surface area (Å²) >= 11 is 0. The first-order chi connectivity index (χ1) is 11.5. The maximum Gasteiger partial charge on any atom is 0.344 e. The van der Waals surface area contributed by atoms with E-state index in [0.717, 1.165) is 16.7 Å². The van der Waals surface area contributed by atoms with Crippen LogP contribution >= 0.6 is 0 Å². The Morgan fingerprint density at radius 1 is 0.958 bits per heavy atom. The molecule has 126 valence electrons. The minimum Gasteiger partial charge on any atom is -0.482 e. The van der Waals surface area contributed by atoms with Crippen LogP contribution < -0.4 is 10.1 Å². The summed E-state index contributed by atoms with van der Waals surface area (Å²) in [6.07, 6.45) is 0. The summed E-state index contributed by atoms with van der Waals surface area (Å²) in [6, 6.07) is 15.2. The van der Waals surface area contributed by atoms with Crippen LogP contribution in [0.1, 0.15) is 16.7 Å². The Morgan fingerprint density at radius 2 is 1.62 bits per heavy atom. The molecule has 1 amide bonds. The van der Waals surface area contributed by atoms with Crippen LogP contribution in [-0.4, -0.2) is 25.1 Å². The van der Waals surface area contributed by atoms with Gasteiger partial charge in [0.2, 0.25) is 0 Å². The van der Waals surface area contributed by atoms with Crippen LogP contribution in [0, 0.1) is 13.8 Å². The summed E-state index contributed by atoms with van der Waals surface area (Å²) in [5.74, 6) is -0.319. The molecule has 0 saturated carbocycles. The highest BCUT2D eigenvalue weighted by Gasteiger charge is 2.08. The van der Waals surface area contributed by atoms with Crippen LogP contribution in [0.4, 0.5) is 0 Å². The average molecular weight is 327 g/mol. The zero-order chi connectivity index (χ0) is 17.4. The molecule has 0 aliphatic carbocycles. The van der Waals surface area contributed by atoms with Gasteiger partial charge in [-0.15, -0.1) is 0 Å². The molecule has 0 fully saturated rings. The Labute approximate surface area is 141 Å².